The summed E-state index contributed by atoms with van der Waals surface area (Å²) in [5.41, 5.74) is 1.43. The lowest BCUT2D eigenvalue weighted by molar-refractivity contribution is 0.0344. The molecule has 3 aromatic carbocycles. The molecule has 2 atom stereocenters. The van der Waals surface area contributed by atoms with Gasteiger partial charge < -0.3 is 19.5 Å². The highest BCUT2D eigenvalue weighted by molar-refractivity contribution is 5.49. The number of rotatable bonds is 8. The quantitative estimate of drug-likeness (QED) is 0.571. The van der Waals surface area contributed by atoms with Gasteiger partial charge in [-0.2, -0.15) is 0 Å². The largest absolute Gasteiger partial charge is 0.497 e. The van der Waals surface area contributed by atoms with E-state index in [4.69, 9.17) is 9.47 Å². The second-order valence-electron chi connectivity index (χ2n) is 8.17. The van der Waals surface area contributed by atoms with Gasteiger partial charge in [0.2, 0.25) is 0 Å². The van der Waals surface area contributed by atoms with E-state index in [1.54, 1.807) is 14.2 Å². The van der Waals surface area contributed by atoms with Crippen molar-refractivity contribution < 1.29 is 14.6 Å². The number of hydrogen-bond acceptors (Lipinski definition) is 4. The average molecular weight is 418 g/mol. The van der Waals surface area contributed by atoms with Crippen molar-refractivity contribution in [3.63, 3.8) is 0 Å². The van der Waals surface area contributed by atoms with E-state index in [0.29, 0.717) is 5.75 Å². The standard InChI is InChI=1S/C27H31NO3/c1-30-23-16-14-22(15-17-23)27(29,24-12-6-7-13-26(24)31-2)25(20-28-18-8-9-19-28)21-10-4-3-5-11-21/h3-7,10-17,25,29H,8-9,18-20H2,1-2H3/t25-,27+/m1/s1. The van der Waals surface area contributed by atoms with Gasteiger partial charge in [0.25, 0.3) is 0 Å². The van der Waals surface area contributed by atoms with Crippen molar-refractivity contribution >= 4 is 0 Å². The zero-order valence-electron chi connectivity index (χ0n) is 18.3. The SMILES string of the molecule is COc1ccc([C@](O)(c2ccccc2OC)[C@H](CN2CCCC2)c2ccccc2)cc1. The third-order valence-electron chi connectivity index (χ3n) is 6.39. The zero-order valence-corrected chi connectivity index (χ0v) is 18.3. The lowest BCUT2D eigenvalue weighted by Crippen LogP contribution is -2.41. The Morgan fingerprint density at radius 2 is 1.48 bits per heavy atom. The second-order valence-corrected chi connectivity index (χ2v) is 8.17. The molecule has 4 rings (SSSR count). The molecule has 1 fully saturated rings. The third-order valence-corrected chi connectivity index (χ3v) is 6.39. The normalized spacial score (nSPS) is 17.1. The van der Waals surface area contributed by atoms with E-state index in [-0.39, 0.29) is 5.92 Å². The zero-order chi connectivity index (χ0) is 21.7. The summed E-state index contributed by atoms with van der Waals surface area (Å²) in [5, 5.41) is 12.7. The van der Waals surface area contributed by atoms with E-state index in [1.807, 2.05) is 66.7 Å². The lowest BCUT2D eigenvalue weighted by Gasteiger charge is -2.40. The predicted octanol–water partition coefficient (Wildman–Crippen LogP) is 4.82. The van der Waals surface area contributed by atoms with Crippen LogP contribution < -0.4 is 9.47 Å². The first kappa shape index (κ1) is 21.4. The van der Waals surface area contributed by atoms with Gasteiger partial charge in [-0.1, -0.05) is 60.7 Å². The van der Waals surface area contributed by atoms with Crippen molar-refractivity contribution in [2.24, 2.45) is 0 Å². The average Bonchev–Trinajstić information content (AvgIpc) is 3.36. The molecule has 1 saturated heterocycles. The smallest absolute Gasteiger partial charge is 0.126 e. The lowest BCUT2D eigenvalue weighted by atomic mass is 9.72. The summed E-state index contributed by atoms with van der Waals surface area (Å²) in [5.74, 6) is 1.28. The highest BCUT2D eigenvalue weighted by Gasteiger charge is 2.44. The van der Waals surface area contributed by atoms with Crippen LogP contribution in [0.4, 0.5) is 0 Å². The first-order chi connectivity index (χ1) is 15.2. The maximum atomic E-state index is 12.7. The first-order valence-electron chi connectivity index (χ1n) is 10.9. The van der Waals surface area contributed by atoms with Gasteiger partial charge in [-0.3, -0.25) is 0 Å². The van der Waals surface area contributed by atoms with Gasteiger partial charge in [-0.25, -0.2) is 0 Å². The summed E-state index contributed by atoms with van der Waals surface area (Å²) in [6.07, 6.45) is 2.41. The van der Waals surface area contributed by atoms with Crippen LogP contribution in [-0.4, -0.2) is 43.9 Å². The molecule has 0 aromatic heterocycles. The summed E-state index contributed by atoms with van der Waals surface area (Å²) in [7, 11) is 3.31. The van der Waals surface area contributed by atoms with E-state index in [9.17, 15) is 5.11 Å². The monoisotopic (exact) mass is 417 g/mol. The summed E-state index contributed by atoms with van der Waals surface area (Å²) >= 11 is 0. The molecular formula is C27H31NO3. The maximum Gasteiger partial charge on any atom is 0.126 e. The molecule has 3 aromatic rings. The Kier molecular flexibility index (Phi) is 6.59. The fourth-order valence-corrected chi connectivity index (χ4v) is 4.74. The van der Waals surface area contributed by atoms with E-state index in [2.05, 4.69) is 17.0 Å². The molecule has 4 heteroatoms. The number of aliphatic hydroxyl groups is 1. The summed E-state index contributed by atoms with van der Waals surface area (Å²) in [6.45, 7) is 2.90. The van der Waals surface area contributed by atoms with Crippen LogP contribution in [0.3, 0.4) is 0 Å². The third kappa shape index (κ3) is 4.32. The topological polar surface area (TPSA) is 41.9 Å². The van der Waals surface area contributed by atoms with Gasteiger partial charge in [0.15, 0.2) is 0 Å². The van der Waals surface area contributed by atoms with Crippen LogP contribution in [0, 0.1) is 0 Å². The van der Waals surface area contributed by atoms with Crippen molar-refractivity contribution in [3.8, 4) is 11.5 Å². The van der Waals surface area contributed by atoms with Crippen LogP contribution in [0.25, 0.3) is 0 Å². The number of likely N-dealkylation sites (tertiary alicyclic amines) is 1. The van der Waals surface area contributed by atoms with Gasteiger partial charge in [-0.05, 0) is 55.3 Å². The Labute approximate surface area is 185 Å². The Morgan fingerprint density at radius 3 is 2.13 bits per heavy atom. The molecule has 0 radical (unpaired) electrons. The highest BCUT2D eigenvalue weighted by Crippen LogP contribution is 2.46. The van der Waals surface area contributed by atoms with Crippen molar-refractivity contribution in [3.05, 3.63) is 95.6 Å². The Bertz CT molecular complexity index is 967. The number of methoxy groups -OCH3 is 2. The first-order valence-corrected chi connectivity index (χ1v) is 10.9. The molecule has 1 heterocycles. The fraction of sp³-hybridized carbons (Fsp3) is 0.333. The minimum atomic E-state index is -1.27. The Balaban J connectivity index is 1.91. The Morgan fingerprint density at radius 1 is 0.839 bits per heavy atom. The van der Waals surface area contributed by atoms with Crippen LogP contribution in [-0.2, 0) is 5.60 Å². The number of nitrogens with zero attached hydrogens (tertiary/aromatic N) is 1. The number of ether oxygens (including phenoxy) is 2. The van der Waals surface area contributed by atoms with E-state index < -0.39 is 5.60 Å². The molecule has 162 valence electrons. The van der Waals surface area contributed by atoms with Gasteiger partial charge in [0.1, 0.15) is 17.1 Å². The molecule has 1 aliphatic heterocycles. The molecule has 31 heavy (non-hydrogen) atoms. The summed E-state index contributed by atoms with van der Waals surface area (Å²) in [6, 6.07) is 25.9. The van der Waals surface area contributed by atoms with E-state index >= 15 is 0 Å². The number of hydrogen-bond donors (Lipinski definition) is 1. The molecule has 4 nitrogen and oxygen atoms in total. The summed E-state index contributed by atoms with van der Waals surface area (Å²) in [4.78, 5) is 2.46. The molecule has 0 saturated carbocycles. The van der Waals surface area contributed by atoms with Crippen molar-refractivity contribution in [2.75, 3.05) is 33.9 Å². The minimum absolute atomic E-state index is 0.170. The second kappa shape index (κ2) is 9.54. The molecule has 1 N–H and O–H groups in total. The molecule has 0 aliphatic carbocycles. The molecule has 0 amide bonds. The van der Waals surface area contributed by atoms with Crippen LogP contribution in [0.1, 0.15) is 35.4 Å². The molecular weight excluding hydrogens is 386 g/mol. The molecule has 0 unspecified atom stereocenters. The molecule has 0 bridgehead atoms. The summed E-state index contributed by atoms with van der Waals surface area (Å²) < 4.78 is 11.1. The maximum absolute atomic E-state index is 12.7. The minimum Gasteiger partial charge on any atom is -0.497 e. The van der Waals surface area contributed by atoms with E-state index in [1.165, 1.54) is 12.8 Å². The van der Waals surface area contributed by atoms with Crippen LogP contribution in [0.5, 0.6) is 11.5 Å². The van der Waals surface area contributed by atoms with Gasteiger partial charge in [0.05, 0.1) is 14.2 Å². The number of para-hydroxylation sites is 1. The number of benzene rings is 3. The Hall–Kier alpha value is -2.82. The molecule has 0 spiro atoms. The van der Waals surface area contributed by atoms with Gasteiger partial charge >= 0.3 is 0 Å². The van der Waals surface area contributed by atoms with Gasteiger partial charge in [0, 0.05) is 18.0 Å². The van der Waals surface area contributed by atoms with E-state index in [0.717, 1.165) is 42.1 Å². The predicted molar refractivity (Wildman–Crippen MR) is 124 cm³/mol. The van der Waals surface area contributed by atoms with Crippen LogP contribution in [0.2, 0.25) is 0 Å². The van der Waals surface area contributed by atoms with Crippen molar-refractivity contribution in [1.29, 1.82) is 0 Å². The van der Waals surface area contributed by atoms with Crippen LogP contribution >= 0.6 is 0 Å². The molecule has 1 aliphatic rings. The fourth-order valence-electron chi connectivity index (χ4n) is 4.74. The van der Waals surface area contributed by atoms with Crippen LogP contribution in [0.15, 0.2) is 78.9 Å². The van der Waals surface area contributed by atoms with Gasteiger partial charge in [-0.15, -0.1) is 0 Å². The van der Waals surface area contributed by atoms with Crippen molar-refractivity contribution in [1.82, 2.24) is 4.90 Å². The van der Waals surface area contributed by atoms with Crippen molar-refractivity contribution in [2.45, 2.75) is 24.4 Å². The highest BCUT2D eigenvalue weighted by atomic mass is 16.5.